The number of rotatable bonds is 4. The van der Waals surface area contributed by atoms with Crippen LogP contribution in [0.1, 0.15) is 30.4 Å². The summed E-state index contributed by atoms with van der Waals surface area (Å²) in [4.78, 5) is 11.2. The number of carboxylic acids is 1. The number of hydrogen-bond acceptors (Lipinski definition) is 1. The molecule has 1 aliphatic carbocycles. The Bertz CT molecular complexity index is 907. The van der Waals surface area contributed by atoms with Crippen LogP contribution in [0.5, 0.6) is 0 Å². The minimum absolute atomic E-state index is 0.00326. The maximum Gasteiger partial charge on any atom is 0.323 e. The number of benzene rings is 2. The fourth-order valence-corrected chi connectivity index (χ4v) is 4.28. The zero-order valence-electron chi connectivity index (χ0n) is 13.2. The lowest BCUT2D eigenvalue weighted by Crippen LogP contribution is -2.35. The lowest BCUT2D eigenvalue weighted by atomic mass is 9.60. The SMILES string of the molecule is O=C(O)Cn1cc(C2(c3ccc(I)cc3)CCC2)c2ccccc21. The quantitative estimate of drug-likeness (QED) is 0.604. The minimum Gasteiger partial charge on any atom is -0.480 e. The molecule has 0 saturated heterocycles. The van der Waals surface area contributed by atoms with Crippen molar-refractivity contribution in [1.82, 2.24) is 4.57 Å². The molecule has 0 bridgehead atoms. The average Bonchev–Trinajstić information content (AvgIpc) is 2.87. The largest absolute Gasteiger partial charge is 0.480 e. The van der Waals surface area contributed by atoms with E-state index in [0.29, 0.717) is 0 Å². The van der Waals surface area contributed by atoms with Gasteiger partial charge in [-0.2, -0.15) is 0 Å². The van der Waals surface area contributed by atoms with Gasteiger partial charge in [0.2, 0.25) is 0 Å². The van der Waals surface area contributed by atoms with Crippen molar-refractivity contribution >= 4 is 39.5 Å². The van der Waals surface area contributed by atoms with Gasteiger partial charge in [0.05, 0.1) is 0 Å². The Morgan fingerprint density at radius 3 is 2.46 bits per heavy atom. The van der Waals surface area contributed by atoms with Crippen LogP contribution in [0, 0.1) is 3.57 Å². The van der Waals surface area contributed by atoms with Gasteiger partial charge in [0, 0.05) is 26.1 Å². The summed E-state index contributed by atoms with van der Waals surface area (Å²) < 4.78 is 3.11. The van der Waals surface area contributed by atoms with E-state index in [0.717, 1.165) is 18.4 Å². The first-order valence-corrected chi connectivity index (χ1v) is 9.24. The zero-order chi connectivity index (χ0) is 16.7. The molecule has 1 N–H and O–H groups in total. The number of aromatic nitrogens is 1. The average molecular weight is 431 g/mol. The molecule has 1 aliphatic rings. The van der Waals surface area contributed by atoms with Gasteiger partial charge in [0.15, 0.2) is 0 Å². The summed E-state index contributed by atoms with van der Waals surface area (Å²) in [5, 5.41) is 10.4. The van der Waals surface area contributed by atoms with E-state index in [1.807, 2.05) is 22.8 Å². The lowest BCUT2D eigenvalue weighted by molar-refractivity contribution is -0.137. The third-order valence-electron chi connectivity index (χ3n) is 5.21. The number of carbonyl (C=O) groups is 1. The Kier molecular flexibility index (Phi) is 3.87. The van der Waals surface area contributed by atoms with Crippen molar-refractivity contribution in [3.8, 4) is 0 Å². The summed E-state index contributed by atoms with van der Waals surface area (Å²) >= 11 is 2.33. The number of aliphatic carboxylic acids is 1. The Morgan fingerprint density at radius 2 is 1.83 bits per heavy atom. The molecule has 2 aromatic carbocycles. The summed E-state index contributed by atoms with van der Waals surface area (Å²) in [6.45, 7) is 0.00326. The molecule has 0 radical (unpaired) electrons. The molecule has 4 heteroatoms. The smallest absolute Gasteiger partial charge is 0.323 e. The molecule has 1 saturated carbocycles. The fourth-order valence-electron chi connectivity index (χ4n) is 3.92. The van der Waals surface area contributed by atoms with Gasteiger partial charge in [-0.25, -0.2) is 0 Å². The van der Waals surface area contributed by atoms with Gasteiger partial charge in [-0.15, -0.1) is 0 Å². The maximum atomic E-state index is 11.2. The Balaban J connectivity index is 1.91. The number of carboxylic acid groups (broad SMARTS) is 1. The van der Waals surface area contributed by atoms with Crippen LogP contribution in [0.3, 0.4) is 0 Å². The van der Waals surface area contributed by atoms with E-state index in [-0.39, 0.29) is 12.0 Å². The molecular weight excluding hydrogens is 413 g/mol. The van der Waals surface area contributed by atoms with E-state index in [2.05, 4.69) is 59.1 Å². The van der Waals surface area contributed by atoms with Gasteiger partial charge in [-0.3, -0.25) is 4.79 Å². The molecule has 1 aromatic heterocycles. The number of hydrogen-bond donors (Lipinski definition) is 1. The Morgan fingerprint density at radius 1 is 1.12 bits per heavy atom. The molecule has 3 nitrogen and oxygen atoms in total. The highest BCUT2D eigenvalue weighted by Gasteiger charge is 2.42. The number of fused-ring (bicyclic) bond motifs is 1. The highest BCUT2D eigenvalue weighted by molar-refractivity contribution is 14.1. The van der Waals surface area contributed by atoms with Crippen molar-refractivity contribution < 1.29 is 9.90 Å². The third-order valence-corrected chi connectivity index (χ3v) is 5.93. The van der Waals surface area contributed by atoms with Crippen LogP contribution in [0.25, 0.3) is 10.9 Å². The molecule has 24 heavy (non-hydrogen) atoms. The van der Waals surface area contributed by atoms with E-state index in [4.69, 9.17) is 0 Å². The second-order valence-corrected chi connectivity index (χ2v) is 7.77. The van der Waals surface area contributed by atoms with Crippen molar-refractivity contribution in [3.05, 3.63) is 69.4 Å². The first-order valence-electron chi connectivity index (χ1n) is 8.16. The second kappa shape index (κ2) is 5.92. The van der Waals surface area contributed by atoms with E-state index >= 15 is 0 Å². The number of halogens is 1. The maximum absolute atomic E-state index is 11.2. The molecule has 0 spiro atoms. The topological polar surface area (TPSA) is 42.2 Å². The number of para-hydroxylation sites is 1. The summed E-state index contributed by atoms with van der Waals surface area (Å²) in [7, 11) is 0. The van der Waals surface area contributed by atoms with Gasteiger partial charge in [0.1, 0.15) is 6.54 Å². The van der Waals surface area contributed by atoms with Gasteiger partial charge in [-0.05, 0) is 64.8 Å². The monoisotopic (exact) mass is 431 g/mol. The normalized spacial score (nSPS) is 16.0. The highest BCUT2D eigenvalue weighted by atomic mass is 127. The van der Waals surface area contributed by atoms with Gasteiger partial charge in [0.25, 0.3) is 0 Å². The Labute approximate surface area is 154 Å². The van der Waals surface area contributed by atoms with E-state index in [1.54, 1.807) is 0 Å². The molecule has 0 aliphatic heterocycles. The predicted molar refractivity (Wildman–Crippen MR) is 103 cm³/mol. The molecule has 1 fully saturated rings. The van der Waals surface area contributed by atoms with Gasteiger partial charge < -0.3 is 9.67 Å². The van der Waals surface area contributed by atoms with Crippen LogP contribution in [0.2, 0.25) is 0 Å². The van der Waals surface area contributed by atoms with Crippen LogP contribution in [-0.2, 0) is 16.8 Å². The van der Waals surface area contributed by atoms with Crippen molar-refractivity contribution in [2.24, 2.45) is 0 Å². The Hall–Kier alpha value is -1.82. The van der Waals surface area contributed by atoms with E-state index in [9.17, 15) is 9.90 Å². The zero-order valence-corrected chi connectivity index (χ0v) is 15.4. The van der Waals surface area contributed by atoms with E-state index in [1.165, 1.54) is 26.5 Å². The van der Waals surface area contributed by atoms with Crippen LogP contribution in [-0.4, -0.2) is 15.6 Å². The molecule has 3 aromatic rings. The molecule has 4 rings (SSSR count). The van der Waals surface area contributed by atoms with Crippen LogP contribution >= 0.6 is 22.6 Å². The van der Waals surface area contributed by atoms with Crippen LogP contribution in [0.4, 0.5) is 0 Å². The molecule has 0 atom stereocenters. The summed E-state index contributed by atoms with van der Waals surface area (Å²) in [5.41, 5.74) is 3.64. The molecule has 122 valence electrons. The summed E-state index contributed by atoms with van der Waals surface area (Å²) in [6, 6.07) is 16.9. The summed E-state index contributed by atoms with van der Waals surface area (Å²) in [5.74, 6) is -0.806. The van der Waals surface area contributed by atoms with Crippen LogP contribution < -0.4 is 0 Å². The fraction of sp³-hybridized carbons (Fsp3) is 0.250. The highest BCUT2D eigenvalue weighted by Crippen LogP contribution is 2.51. The molecule has 1 heterocycles. The van der Waals surface area contributed by atoms with Gasteiger partial charge >= 0.3 is 5.97 Å². The predicted octanol–water partition coefficient (Wildman–Crippen LogP) is 4.80. The molecule has 0 unspecified atom stereocenters. The molecular formula is C20H18INO2. The molecule has 0 amide bonds. The van der Waals surface area contributed by atoms with Crippen molar-refractivity contribution in [2.45, 2.75) is 31.2 Å². The van der Waals surface area contributed by atoms with Crippen molar-refractivity contribution in [1.29, 1.82) is 0 Å². The number of nitrogens with zero attached hydrogens (tertiary/aromatic N) is 1. The van der Waals surface area contributed by atoms with Crippen molar-refractivity contribution in [2.75, 3.05) is 0 Å². The first kappa shape index (κ1) is 15.7. The third kappa shape index (κ3) is 2.44. The van der Waals surface area contributed by atoms with Crippen LogP contribution in [0.15, 0.2) is 54.7 Å². The lowest BCUT2D eigenvalue weighted by Gasteiger charge is -2.42. The van der Waals surface area contributed by atoms with E-state index < -0.39 is 5.97 Å². The first-order chi connectivity index (χ1) is 11.6. The van der Waals surface area contributed by atoms with Gasteiger partial charge in [-0.1, -0.05) is 36.8 Å². The second-order valence-electron chi connectivity index (χ2n) is 6.52. The van der Waals surface area contributed by atoms with Crippen molar-refractivity contribution in [3.63, 3.8) is 0 Å². The standard InChI is InChI=1S/C20H18INO2/c21-15-8-6-14(7-9-15)20(10-3-11-20)17-12-22(13-19(23)24)18-5-2-1-4-16(17)18/h1-2,4-9,12H,3,10-11,13H2,(H,23,24). The summed E-state index contributed by atoms with van der Waals surface area (Å²) in [6.07, 6.45) is 5.52. The minimum atomic E-state index is -0.806.